The number of benzene rings is 2. The molecule has 0 aromatic heterocycles. The molecule has 0 aliphatic carbocycles. The number of Topliss-reactive ketones (excluding diaryl/α,β-unsaturated/α-hetero) is 2. The molecule has 0 unspecified atom stereocenters. The molecule has 9 nitrogen and oxygen atoms in total. The SMILES string of the molecule is COOC(=O)[C@](O)(C(=O)c1ccccc1)[C@](O)(C(=O)O)C(=O)c1ccccc1. The minimum Gasteiger partial charge on any atom is -0.479 e. The Labute approximate surface area is 158 Å². The molecule has 2 aromatic carbocycles. The Hall–Kier alpha value is -3.40. The van der Waals surface area contributed by atoms with Gasteiger partial charge in [0, 0.05) is 11.1 Å². The minimum atomic E-state index is -3.91. The summed E-state index contributed by atoms with van der Waals surface area (Å²) in [5, 5.41) is 31.3. The van der Waals surface area contributed by atoms with E-state index in [4.69, 9.17) is 0 Å². The minimum absolute atomic E-state index is 0.349. The Morgan fingerprint density at radius 1 is 0.750 bits per heavy atom. The average molecular weight is 388 g/mol. The maximum Gasteiger partial charge on any atom is 0.385 e. The summed E-state index contributed by atoms with van der Waals surface area (Å²) in [6.45, 7) is 0. The maximum atomic E-state index is 12.9. The highest BCUT2D eigenvalue weighted by atomic mass is 17.2. The molecule has 2 atom stereocenters. The van der Waals surface area contributed by atoms with Crippen LogP contribution in [-0.2, 0) is 19.4 Å². The third-order valence-electron chi connectivity index (χ3n) is 4.02. The van der Waals surface area contributed by atoms with Crippen LogP contribution in [0.2, 0.25) is 0 Å². The van der Waals surface area contributed by atoms with E-state index in [0.29, 0.717) is 0 Å². The van der Waals surface area contributed by atoms with E-state index in [1.54, 1.807) is 0 Å². The van der Waals surface area contributed by atoms with Gasteiger partial charge < -0.3 is 15.3 Å². The van der Waals surface area contributed by atoms with Gasteiger partial charge in [-0.2, -0.15) is 4.89 Å². The second-order valence-corrected chi connectivity index (χ2v) is 5.65. The van der Waals surface area contributed by atoms with Crippen LogP contribution in [0.1, 0.15) is 20.7 Å². The standard InChI is InChI=1S/C19H16O9/c1-27-28-17(24)19(26,15(21)13-10-6-3-7-11-13)18(25,16(22)23)14(20)12-8-4-2-5-9-12/h2-11,25-26H,1H3,(H,22,23)/t18-,19-/m1/s1. The number of carbonyl (C=O) groups is 4. The fourth-order valence-electron chi connectivity index (χ4n) is 2.55. The quantitative estimate of drug-likeness (QED) is 0.253. The average Bonchev–Trinajstić information content (AvgIpc) is 2.72. The van der Waals surface area contributed by atoms with Crippen molar-refractivity contribution in [2.24, 2.45) is 0 Å². The second kappa shape index (κ2) is 8.09. The molecule has 0 fully saturated rings. The van der Waals surface area contributed by atoms with Crippen LogP contribution >= 0.6 is 0 Å². The van der Waals surface area contributed by atoms with Crippen LogP contribution in [0, 0.1) is 0 Å². The lowest BCUT2D eigenvalue weighted by Crippen LogP contribution is -2.71. The van der Waals surface area contributed by atoms with E-state index in [1.165, 1.54) is 36.4 Å². The van der Waals surface area contributed by atoms with Gasteiger partial charge in [-0.05, 0) is 0 Å². The summed E-state index contributed by atoms with van der Waals surface area (Å²) in [4.78, 5) is 58.2. The van der Waals surface area contributed by atoms with Crippen molar-refractivity contribution in [1.29, 1.82) is 0 Å². The zero-order valence-corrected chi connectivity index (χ0v) is 14.6. The molecule has 0 bridgehead atoms. The summed E-state index contributed by atoms with van der Waals surface area (Å²) in [6.07, 6.45) is 0. The van der Waals surface area contributed by atoms with E-state index in [-0.39, 0.29) is 11.1 Å². The van der Waals surface area contributed by atoms with Crippen molar-refractivity contribution in [3.63, 3.8) is 0 Å². The Balaban J connectivity index is 2.74. The number of aliphatic hydroxyl groups is 2. The number of aliphatic carboxylic acids is 1. The first-order chi connectivity index (χ1) is 13.2. The van der Waals surface area contributed by atoms with Crippen LogP contribution in [-0.4, -0.2) is 57.1 Å². The normalized spacial score (nSPS) is 15.0. The molecule has 3 N–H and O–H groups in total. The Kier molecular flexibility index (Phi) is 6.04. The van der Waals surface area contributed by atoms with E-state index in [2.05, 4.69) is 9.78 Å². The van der Waals surface area contributed by atoms with Crippen LogP contribution < -0.4 is 0 Å². The molecule has 0 heterocycles. The van der Waals surface area contributed by atoms with E-state index in [1.807, 2.05) is 0 Å². The van der Waals surface area contributed by atoms with E-state index in [9.17, 15) is 34.5 Å². The number of ketones is 2. The van der Waals surface area contributed by atoms with Crippen molar-refractivity contribution in [1.82, 2.24) is 0 Å². The fraction of sp³-hybridized carbons (Fsp3) is 0.158. The van der Waals surface area contributed by atoms with Crippen molar-refractivity contribution in [3.05, 3.63) is 71.8 Å². The molecule has 0 aliphatic rings. The summed E-state index contributed by atoms with van der Waals surface area (Å²) in [6, 6.07) is 13.1. The molecule has 9 heteroatoms. The first-order valence-electron chi connectivity index (χ1n) is 7.84. The lowest BCUT2D eigenvalue weighted by Gasteiger charge is -2.35. The molecule has 0 spiro atoms. The molecule has 0 amide bonds. The summed E-state index contributed by atoms with van der Waals surface area (Å²) in [5.74, 6) is -7.47. The molecular weight excluding hydrogens is 372 g/mol. The third-order valence-corrected chi connectivity index (χ3v) is 4.02. The van der Waals surface area contributed by atoms with Crippen LogP contribution in [0.4, 0.5) is 0 Å². The molecule has 28 heavy (non-hydrogen) atoms. The van der Waals surface area contributed by atoms with Crippen molar-refractivity contribution < 1.29 is 44.3 Å². The van der Waals surface area contributed by atoms with Crippen LogP contribution in [0.3, 0.4) is 0 Å². The van der Waals surface area contributed by atoms with E-state index >= 15 is 0 Å². The van der Waals surface area contributed by atoms with Gasteiger partial charge in [-0.3, -0.25) is 14.5 Å². The van der Waals surface area contributed by atoms with E-state index < -0.39 is 34.7 Å². The summed E-state index contributed by atoms with van der Waals surface area (Å²) in [7, 11) is 0.851. The van der Waals surface area contributed by atoms with Crippen molar-refractivity contribution in [2.75, 3.05) is 7.11 Å². The number of hydrogen-bond donors (Lipinski definition) is 3. The Bertz CT molecular complexity index is 894. The maximum absolute atomic E-state index is 12.9. The lowest BCUT2D eigenvalue weighted by atomic mass is 9.73. The molecule has 0 saturated heterocycles. The number of carbonyl (C=O) groups excluding carboxylic acids is 3. The summed E-state index contributed by atoms with van der Waals surface area (Å²) < 4.78 is 0. The summed E-state index contributed by atoms with van der Waals surface area (Å²) in [5.41, 5.74) is -8.46. The zero-order valence-electron chi connectivity index (χ0n) is 14.6. The number of hydrogen-bond acceptors (Lipinski definition) is 8. The predicted octanol–water partition coefficient (Wildman–Crippen LogP) is 0.404. The number of rotatable bonds is 8. The van der Waals surface area contributed by atoms with Gasteiger partial charge in [0.15, 0.2) is 0 Å². The first-order valence-corrected chi connectivity index (χ1v) is 7.84. The Morgan fingerprint density at radius 3 is 1.50 bits per heavy atom. The zero-order chi connectivity index (χ0) is 20.9. The molecule has 0 aliphatic heterocycles. The van der Waals surface area contributed by atoms with E-state index in [0.717, 1.165) is 31.4 Å². The van der Waals surface area contributed by atoms with Gasteiger partial charge in [-0.25, -0.2) is 9.59 Å². The van der Waals surface area contributed by atoms with Gasteiger partial charge in [0.25, 0.3) is 11.2 Å². The molecule has 0 radical (unpaired) electrons. The van der Waals surface area contributed by atoms with Gasteiger partial charge in [0.2, 0.25) is 11.6 Å². The number of carboxylic acid groups (broad SMARTS) is 1. The monoisotopic (exact) mass is 388 g/mol. The van der Waals surface area contributed by atoms with Gasteiger partial charge in [-0.1, -0.05) is 60.7 Å². The highest BCUT2D eigenvalue weighted by Crippen LogP contribution is 2.32. The summed E-state index contributed by atoms with van der Waals surface area (Å²) >= 11 is 0. The Morgan fingerprint density at radius 2 is 1.14 bits per heavy atom. The van der Waals surface area contributed by atoms with Crippen molar-refractivity contribution >= 4 is 23.5 Å². The van der Waals surface area contributed by atoms with Crippen LogP contribution in [0.5, 0.6) is 0 Å². The molecule has 146 valence electrons. The largest absolute Gasteiger partial charge is 0.479 e. The topological polar surface area (TPSA) is 147 Å². The fourth-order valence-corrected chi connectivity index (χ4v) is 2.55. The molecular formula is C19H16O9. The lowest BCUT2D eigenvalue weighted by molar-refractivity contribution is -0.273. The predicted molar refractivity (Wildman–Crippen MR) is 92.2 cm³/mol. The first kappa shape index (κ1) is 20.9. The third kappa shape index (κ3) is 3.29. The van der Waals surface area contributed by atoms with Crippen LogP contribution in [0.15, 0.2) is 60.7 Å². The second-order valence-electron chi connectivity index (χ2n) is 5.65. The molecule has 2 rings (SSSR count). The molecule has 0 saturated carbocycles. The van der Waals surface area contributed by atoms with Crippen LogP contribution in [0.25, 0.3) is 0 Å². The number of carboxylic acids is 1. The van der Waals surface area contributed by atoms with Crippen molar-refractivity contribution in [2.45, 2.75) is 11.2 Å². The van der Waals surface area contributed by atoms with Gasteiger partial charge >= 0.3 is 11.9 Å². The van der Waals surface area contributed by atoms with Gasteiger partial charge in [0.05, 0.1) is 7.11 Å². The smallest absolute Gasteiger partial charge is 0.385 e. The van der Waals surface area contributed by atoms with Gasteiger partial charge in [-0.15, -0.1) is 0 Å². The molecule has 2 aromatic rings. The highest BCUT2D eigenvalue weighted by molar-refractivity contribution is 6.28. The highest BCUT2D eigenvalue weighted by Gasteiger charge is 2.70. The van der Waals surface area contributed by atoms with Crippen molar-refractivity contribution in [3.8, 4) is 0 Å². The van der Waals surface area contributed by atoms with Gasteiger partial charge in [0.1, 0.15) is 0 Å².